The molecular weight excluding hydrogens is 357 g/mol. The van der Waals surface area contributed by atoms with Gasteiger partial charge < -0.3 is 20.3 Å². The van der Waals surface area contributed by atoms with E-state index in [1.54, 1.807) is 19.2 Å². The predicted molar refractivity (Wildman–Crippen MR) is 103 cm³/mol. The molecule has 0 aliphatic carbocycles. The Kier molecular flexibility index (Phi) is 10.6. The van der Waals surface area contributed by atoms with Crippen LogP contribution in [0.25, 0.3) is 0 Å². The first-order valence-electron chi connectivity index (χ1n) is 9.24. The van der Waals surface area contributed by atoms with Crippen molar-refractivity contribution in [1.82, 2.24) is 15.5 Å². The number of para-hydroxylation sites is 1. The topological polar surface area (TPSA) is 48.9 Å². The second kappa shape index (κ2) is 12.4. The van der Waals surface area contributed by atoms with Gasteiger partial charge in [0, 0.05) is 25.7 Å². The molecule has 0 saturated heterocycles. The first kappa shape index (κ1) is 23.1. The summed E-state index contributed by atoms with van der Waals surface area (Å²) in [6.45, 7) is 2.08. The summed E-state index contributed by atoms with van der Waals surface area (Å²) in [6, 6.07) is 6.08. The van der Waals surface area contributed by atoms with Crippen LogP contribution in [0.4, 0.5) is 13.2 Å². The van der Waals surface area contributed by atoms with Gasteiger partial charge in [-0.2, -0.15) is 0 Å². The van der Waals surface area contributed by atoms with Crippen LogP contribution in [0, 0.1) is 0 Å². The van der Waals surface area contributed by atoms with Crippen molar-refractivity contribution in [3.8, 4) is 5.75 Å². The molecule has 5 nitrogen and oxygen atoms in total. The number of benzene rings is 1. The Morgan fingerprint density at radius 1 is 1.04 bits per heavy atom. The monoisotopic (exact) mass is 388 g/mol. The summed E-state index contributed by atoms with van der Waals surface area (Å²) in [5.41, 5.74) is 0.415. The zero-order chi connectivity index (χ0) is 20.1. The van der Waals surface area contributed by atoms with Crippen molar-refractivity contribution in [2.45, 2.75) is 45.0 Å². The number of hydrogen-bond acceptors (Lipinski definition) is 3. The Bertz CT molecular complexity index is 562. The number of hydrogen-bond donors (Lipinski definition) is 2. The molecule has 1 aromatic rings. The van der Waals surface area contributed by atoms with Crippen molar-refractivity contribution in [3.63, 3.8) is 0 Å². The molecule has 0 fully saturated rings. The Morgan fingerprint density at radius 3 is 2.37 bits per heavy atom. The van der Waals surface area contributed by atoms with E-state index >= 15 is 0 Å². The summed E-state index contributed by atoms with van der Waals surface area (Å²) >= 11 is 0. The fraction of sp³-hybridized carbons (Fsp3) is 0.632. The van der Waals surface area contributed by atoms with Crippen LogP contribution in [-0.2, 0) is 6.54 Å². The van der Waals surface area contributed by atoms with Gasteiger partial charge in [0.25, 0.3) is 0 Å². The molecule has 0 aliphatic rings. The summed E-state index contributed by atoms with van der Waals surface area (Å²) in [6.07, 6.45) is 1.09. The zero-order valence-electron chi connectivity index (χ0n) is 16.4. The van der Waals surface area contributed by atoms with E-state index in [1.807, 2.05) is 0 Å². The van der Waals surface area contributed by atoms with Gasteiger partial charge in [0.05, 0.1) is 0 Å². The number of ether oxygens (including phenoxy) is 1. The van der Waals surface area contributed by atoms with Gasteiger partial charge in [-0.05, 0) is 39.5 Å². The molecule has 0 amide bonds. The van der Waals surface area contributed by atoms with Crippen LogP contribution in [0.15, 0.2) is 29.3 Å². The minimum atomic E-state index is -4.71. The summed E-state index contributed by atoms with van der Waals surface area (Å²) in [4.78, 5) is 6.29. The van der Waals surface area contributed by atoms with Gasteiger partial charge in [-0.15, -0.1) is 13.2 Å². The quantitative estimate of drug-likeness (QED) is 0.344. The summed E-state index contributed by atoms with van der Waals surface area (Å²) < 4.78 is 41.4. The average molecular weight is 388 g/mol. The SMILES string of the molecule is CN=C(NCCCCCCCN(C)C)NCc1ccccc1OC(F)(F)F. The third-order valence-corrected chi connectivity index (χ3v) is 3.94. The Balaban J connectivity index is 2.29. The summed E-state index contributed by atoms with van der Waals surface area (Å²) in [7, 11) is 5.79. The number of rotatable bonds is 11. The Morgan fingerprint density at radius 2 is 1.70 bits per heavy atom. The van der Waals surface area contributed by atoms with Crippen molar-refractivity contribution >= 4 is 5.96 Å². The van der Waals surface area contributed by atoms with Gasteiger partial charge >= 0.3 is 6.36 Å². The molecule has 0 aromatic heterocycles. The van der Waals surface area contributed by atoms with Gasteiger partial charge in [-0.25, -0.2) is 0 Å². The summed E-state index contributed by atoms with van der Waals surface area (Å²) in [5.74, 6) is 0.357. The number of halogens is 3. The van der Waals surface area contributed by atoms with Gasteiger partial charge in [-0.1, -0.05) is 37.5 Å². The third kappa shape index (κ3) is 11.4. The van der Waals surface area contributed by atoms with Gasteiger partial charge in [0.15, 0.2) is 5.96 Å². The normalized spacial score (nSPS) is 12.3. The highest BCUT2D eigenvalue weighted by atomic mass is 19.4. The zero-order valence-corrected chi connectivity index (χ0v) is 16.4. The highest BCUT2D eigenvalue weighted by molar-refractivity contribution is 5.79. The molecule has 0 aliphatic heterocycles. The number of nitrogens with one attached hydrogen (secondary N) is 2. The first-order valence-corrected chi connectivity index (χ1v) is 9.24. The van der Waals surface area contributed by atoms with Crippen LogP contribution in [0.2, 0.25) is 0 Å². The maximum atomic E-state index is 12.5. The number of alkyl halides is 3. The van der Waals surface area contributed by atoms with Crippen LogP contribution in [0.5, 0.6) is 5.75 Å². The van der Waals surface area contributed by atoms with E-state index in [4.69, 9.17) is 0 Å². The lowest BCUT2D eigenvalue weighted by Gasteiger charge is -2.15. The average Bonchev–Trinajstić information content (AvgIpc) is 2.59. The lowest BCUT2D eigenvalue weighted by Crippen LogP contribution is -2.37. The highest BCUT2D eigenvalue weighted by Gasteiger charge is 2.31. The van der Waals surface area contributed by atoms with Crippen molar-refractivity contribution in [1.29, 1.82) is 0 Å². The van der Waals surface area contributed by atoms with Gasteiger partial charge in [-0.3, -0.25) is 4.99 Å². The standard InChI is InChI=1S/C19H31F3N4O/c1-23-18(24-13-9-5-4-6-10-14-26(2)3)25-15-16-11-7-8-12-17(16)27-19(20,21)22/h7-8,11-12H,4-6,9-10,13-15H2,1-3H3,(H2,23,24,25). The molecule has 8 heteroatoms. The van der Waals surface area contributed by atoms with Crippen molar-refractivity contribution in [2.24, 2.45) is 4.99 Å². The second-order valence-electron chi connectivity index (χ2n) is 6.58. The van der Waals surface area contributed by atoms with Gasteiger partial charge in [0.1, 0.15) is 5.75 Å². The van der Waals surface area contributed by atoms with E-state index in [1.165, 1.54) is 31.4 Å². The van der Waals surface area contributed by atoms with E-state index in [9.17, 15) is 13.2 Å². The minimum Gasteiger partial charge on any atom is -0.405 e. The molecule has 0 bridgehead atoms. The van der Waals surface area contributed by atoms with E-state index in [0.29, 0.717) is 11.5 Å². The lowest BCUT2D eigenvalue weighted by molar-refractivity contribution is -0.274. The van der Waals surface area contributed by atoms with E-state index < -0.39 is 6.36 Å². The van der Waals surface area contributed by atoms with Crippen LogP contribution in [0.3, 0.4) is 0 Å². The summed E-state index contributed by atoms with van der Waals surface area (Å²) in [5, 5.41) is 6.21. The van der Waals surface area contributed by atoms with E-state index in [0.717, 1.165) is 25.9 Å². The molecule has 0 unspecified atom stereocenters. The molecule has 0 atom stereocenters. The van der Waals surface area contributed by atoms with Crippen LogP contribution >= 0.6 is 0 Å². The second-order valence-corrected chi connectivity index (χ2v) is 6.58. The molecule has 0 saturated carbocycles. The molecule has 2 N–H and O–H groups in total. The number of guanidine groups is 1. The Hall–Kier alpha value is -1.96. The van der Waals surface area contributed by atoms with E-state index in [2.05, 4.69) is 39.4 Å². The third-order valence-electron chi connectivity index (χ3n) is 3.94. The highest BCUT2D eigenvalue weighted by Crippen LogP contribution is 2.25. The number of unbranched alkanes of at least 4 members (excludes halogenated alkanes) is 4. The van der Waals surface area contributed by atoms with Crippen molar-refractivity contribution in [3.05, 3.63) is 29.8 Å². The maximum Gasteiger partial charge on any atom is 0.573 e. The molecule has 1 aromatic carbocycles. The fourth-order valence-corrected chi connectivity index (χ4v) is 2.56. The molecule has 0 spiro atoms. The molecular formula is C19H31F3N4O. The largest absolute Gasteiger partial charge is 0.573 e. The molecule has 0 heterocycles. The van der Waals surface area contributed by atoms with Crippen molar-refractivity contribution in [2.75, 3.05) is 34.2 Å². The lowest BCUT2D eigenvalue weighted by atomic mass is 10.1. The smallest absolute Gasteiger partial charge is 0.405 e. The Labute approximate surface area is 160 Å². The van der Waals surface area contributed by atoms with Crippen molar-refractivity contribution < 1.29 is 17.9 Å². The van der Waals surface area contributed by atoms with E-state index in [-0.39, 0.29) is 12.3 Å². The number of aliphatic imine (C=N–C) groups is 1. The van der Waals surface area contributed by atoms with Crippen LogP contribution in [0.1, 0.15) is 37.7 Å². The predicted octanol–water partition coefficient (Wildman–Crippen LogP) is 3.76. The molecule has 1 rings (SSSR count). The van der Waals surface area contributed by atoms with Gasteiger partial charge in [0.2, 0.25) is 0 Å². The molecule has 27 heavy (non-hydrogen) atoms. The number of nitrogens with zero attached hydrogens (tertiary/aromatic N) is 2. The van der Waals surface area contributed by atoms with Crippen LogP contribution in [-0.4, -0.2) is 51.5 Å². The minimum absolute atomic E-state index is 0.191. The van der Waals surface area contributed by atoms with Crippen LogP contribution < -0.4 is 15.4 Å². The molecule has 154 valence electrons. The first-order chi connectivity index (χ1) is 12.8. The maximum absolute atomic E-state index is 12.5. The fourth-order valence-electron chi connectivity index (χ4n) is 2.56. The molecule has 0 radical (unpaired) electrons.